The van der Waals surface area contributed by atoms with Crippen LogP contribution in [0.4, 0.5) is 21.0 Å². The molecular formula is C16H20Cl6N4O4S2. The first-order valence-electron chi connectivity index (χ1n) is 8.35. The number of thiocarbonyl (C=S) groups is 2. The summed E-state index contributed by atoms with van der Waals surface area (Å²) in [7, 11) is 0. The number of alkyl carbamates (subject to hydrolysis) is 2. The van der Waals surface area contributed by atoms with Gasteiger partial charge >= 0.3 is 12.2 Å². The molecule has 0 saturated carbocycles. The molecule has 0 radical (unpaired) electrons. The average Bonchev–Trinajstić information content (AvgIpc) is 2.62. The van der Waals surface area contributed by atoms with Gasteiger partial charge < -0.3 is 20.1 Å². The highest BCUT2D eigenvalue weighted by atomic mass is 35.6. The molecule has 0 aliphatic heterocycles. The molecule has 0 spiro atoms. The predicted molar refractivity (Wildman–Crippen MR) is 142 cm³/mol. The maximum absolute atomic E-state index is 11.3. The molecule has 1 aromatic carbocycles. The minimum Gasteiger partial charge on any atom is -0.450 e. The first kappa shape index (κ1) is 33.5. The van der Waals surface area contributed by atoms with Crippen molar-refractivity contribution >= 4 is 128 Å². The summed E-state index contributed by atoms with van der Waals surface area (Å²) in [5, 5.41) is 10.5. The number of rotatable bonds is 4. The van der Waals surface area contributed by atoms with E-state index in [2.05, 4.69) is 21.3 Å². The van der Waals surface area contributed by atoms with Gasteiger partial charge in [0.25, 0.3) is 0 Å². The van der Waals surface area contributed by atoms with E-state index >= 15 is 0 Å². The fourth-order valence-corrected chi connectivity index (χ4v) is 1.91. The molecule has 0 unspecified atom stereocenters. The molecule has 8 nitrogen and oxygen atoms in total. The first-order chi connectivity index (χ1) is 14.9. The third-order valence-corrected chi connectivity index (χ3v) is 2.81. The van der Waals surface area contributed by atoms with E-state index in [4.69, 9.17) is 104 Å². The molecule has 16 heteroatoms. The van der Waals surface area contributed by atoms with Crippen molar-refractivity contribution in [2.75, 3.05) is 23.8 Å². The highest BCUT2D eigenvalue weighted by Crippen LogP contribution is 2.20. The number of amides is 2. The number of ether oxygens (including phenoxy) is 2. The molecule has 2 amide bonds. The molecule has 0 aliphatic carbocycles. The SMILES string of the molecule is CCOC(=O)NC(=S)Nc1ccccc1NC(=S)NC(=O)OCC.ClC(Cl)Cl.ClC(Cl)Cl. The molecule has 0 aromatic heterocycles. The smallest absolute Gasteiger partial charge is 0.413 e. The predicted octanol–water partition coefficient (Wildman–Crippen LogP) is 6.55. The van der Waals surface area contributed by atoms with Crippen LogP contribution in [0.15, 0.2) is 24.3 Å². The van der Waals surface area contributed by atoms with E-state index in [9.17, 15) is 9.59 Å². The van der Waals surface area contributed by atoms with Crippen molar-refractivity contribution < 1.29 is 19.1 Å². The number of benzene rings is 1. The molecule has 0 aliphatic rings. The molecule has 0 saturated heterocycles. The number of hydrogen-bond donors (Lipinski definition) is 4. The van der Waals surface area contributed by atoms with Crippen LogP contribution in [0.5, 0.6) is 0 Å². The van der Waals surface area contributed by atoms with Crippen LogP contribution in [0.2, 0.25) is 0 Å². The summed E-state index contributed by atoms with van der Waals surface area (Å²) in [6, 6.07) is 6.97. The van der Waals surface area contributed by atoms with Crippen molar-refractivity contribution in [3.63, 3.8) is 0 Å². The summed E-state index contributed by atoms with van der Waals surface area (Å²) in [4.78, 5) is 22.7. The van der Waals surface area contributed by atoms with E-state index in [1.165, 1.54) is 0 Å². The Morgan fingerprint density at radius 2 is 1.06 bits per heavy atom. The van der Waals surface area contributed by atoms with Crippen molar-refractivity contribution in [1.29, 1.82) is 0 Å². The summed E-state index contributed by atoms with van der Waals surface area (Å²) in [5.41, 5.74) is 1.10. The number of nitrogens with one attached hydrogen (secondary N) is 4. The van der Waals surface area contributed by atoms with Crippen LogP contribution in [0.3, 0.4) is 0 Å². The lowest BCUT2D eigenvalue weighted by Gasteiger charge is -2.15. The van der Waals surface area contributed by atoms with Crippen LogP contribution >= 0.6 is 94.0 Å². The summed E-state index contributed by atoms with van der Waals surface area (Å²) in [5.74, 6) is 0. The van der Waals surface area contributed by atoms with E-state index in [1.54, 1.807) is 38.1 Å². The minimum atomic E-state index is -0.750. The Morgan fingerprint density at radius 3 is 1.31 bits per heavy atom. The van der Waals surface area contributed by atoms with Crippen LogP contribution in [-0.4, -0.2) is 44.2 Å². The largest absolute Gasteiger partial charge is 0.450 e. The van der Waals surface area contributed by atoms with Gasteiger partial charge in [0, 0.05) is 0 Å². The van der Waals surface area contributed by atoms with Gasteiger partial charge in [-0.1, -0.05) is 81.7 Å². The Labute approximate surface area is 226 Å². The Bertz CT molecular complexity index is 667. The molecule has 0 bridgehead atoms. The Hall–Kier alpha value is -0.720. The van der Waals surface area contributed by atoms with E-state index < -0.39 is 20.8 Å². The standard InChI is InChI=1S/C14H18N4O4S2.2CHCl3/c1-3-21-13(19)17-11(23)15-9-7-5-6-8-10(9)16-12(24)18-14(20)22-4-2;2*2-1(3)4/h5-8H,3-4H2,1-2H3,(H2,15,17,19,23)(H2,16,18,20,24);2*1H. The minimum absolute atomic E-state index is 0.0620. The van der Waals surface area contributed by atoms with Crippen LogP contribution in [-0.2, 0) is 9.47 Å². The molecule has 182 valence electrons. The molecule has 1 rings (SSSR count). The molecule has 0 heterocycles. The lowest BCUT2D eigenvalue weighted by Crippen LogP contribution is -2.36. The monoisotopic (exact) mass is 606 g/mol. The van der Waals surface area contributed by atoms with Crippen LogP contribution in [0, 0.1) is 0 Å². The zero-order valence-electron chi connectivity index (χ0n) is 16.6. The van der Waals surface area contributed by atoms with Gasteiger partial charge in [-0.05, 0) is 50.4 Å². The number of alkyl halides is 6. The number of anilines is 2. The molecule has 4 N–H and O–H groups in total. The van der Waals surface area contributed by atoms with Gasteiger partial charge in [0.2, 0.25) is 0 Å². The van der Waals surface area contributed by atoms with Crippen molar-refractivity contribution in [1.82, 2.24) is 10.6 Å². The Morgan fingerprint density at radius 1 is 0.781 bits per heavy atom. The van der Waals surface area contributed by atoms with E-state index in [0.717, 1.165) is 0 Å². The number of carbonyl (C=O) groups excluding carboxylic acids is 2. The van der Waals surface area contributed by atoms with Crippen molar-refractivity contribution in [3.8, 4) is 0 Å². The maximum Gasteiger partial charge on any atom is 0.413 e. The molecule has 0 fully saturated rings. The zero-order valence-corrected chi connectivity index (χ0v) is 22.8. The van der Waals surface area contributed by atoms with Crippen molar-refractivity contribution in [2.24, 2.45) is 0 Å². The highest BCUT2D eigenvalue weighted by molar-refractivity contribution is 7.80. The third kappa shape index (κ3) is 22.5. The van der Waals surface area contributed by atoms with Gasteiger partial charge in [-0.15, -0.1) is 0 Å². The second-order valence-corrected chi connectivity index (χ2v) is 9.42. The van der Waals surface area contributed by atoms with Crippen molar-refractivity contribution in [3.05, 3.63) is 24.3 Å². The van der Waals surface area contributed by atoms with E-state index in [0.29, 0.717) is 11.4 Å². The Kier molecular flexibility index (Phi) is 21.8. The first-order valence-corrected chi connectivity index (χ1v) is 11.8. The van der Waals surface area contributed by atoms with Gasteiger partial charge in [0.15, 0.2) is 18.8 Å². The van der Waals surface area contributed by atoms with Crippen molar-refractivity contribution in [2.45, 2.75) is 22.4 Å². The molecular weight excluding hydrogens is 589 g/mol. The zero-order chi connectivity index (χ0) is 25.1. The summed E-state index contributed by atoms with van der Waals surface area (Å²) in [6.07, 6.45) is -1.31. The van der Waals surface area contributed by atoms with Gasteiger partial charge in [-0.2, -0.15) is 0 Å². The summed E-state index contributed by atoms with van der Waals surface area (Å²) in [6.45, 7) is 3.85. The maximum atomic E-state index is 11.3. The number of para-hydroxylation sites is 2. The average molecular weight is 609 g/mol. The lowest BCUT2D eigenvalue weighted by molar-refractivity contribution is 0.157. The number of halogens is 6. The Balaban J connectivity index is 0. The molecule has 1 aromatic rings. The van der Waals surface area contributed by atoms with Crippen LogP contribution in [0.25, 0.3) is 0 Å². The van der Waals surface area contributed by atoms with Gasteiger partial charge in [0.05, 0.1) is 24.6 Å². The topological polar surface area (TPSA) is 101 Å². The van der Waals surface area contributed by atoms with Gasteiger partial charge in [0.1, 0.15) is 0 Å². The summed E-state index contributed by atoms with van der Waals surface area (Å²) < 4.78 is 7.97. The van der Waals surface area contributed by atoms with E-state index in [-0.39, 0.29) is 23.4 Å². The van der Waals surface area contributed by atoms with E-state index in [1.807, 2.05) is 0 Å². The number of carbonyl (C=O) groups is 2. The van der Waals surface area contributed by atoms with Gasteiger partial charge in [-0.25, -0.2) is 9.59 Å². The third-order valence-electron chi connectivity index (χ3n) is 2.41. The normalized spacial score (nSPS) is 9.31. The lowest BCUT2D eigenvalue weighted by atomic mass is 10.2. The van der Waals surface area contributed by atoms with Gasteiger partial charge in [-0.3, -0.25) is 10.6 Å². The fourth-order valence-electron chi connectivity index (χ4n) is 1.53. The van der Waals surface area contributed by atoms with Crippen LogP contribution < -0.4 is 21.3 Å². The number of hydrogen-bond acceptors (Lipinski definition) is 6. The fraction of sp³-hybridized carbons (Fsp3) is 0.375. The summed E-state index contributed by atoms with van der Waals surface area (Å²) >= 11 is 38.9. The van der Waals surface area contributed by atoms with Crippen LogP contribution in [0.1, 0.15) is 13.8 Å². The highest BCUT2D eigenvalue weighted by Gasteiger charge is 2.10. The second-order valence-electron chi connectivity index (χ2n) is 4.64. The second kappa shape index (κ2) is 20.9. The molecule has 0 atom stereocenters. The quantitative estimate of drug-likeness (QED) is 0.226. The molecule has 32 heavy (non-hydrogen) atoms.